The van der Waals surface area contributed by atoms with Crippen LogP contribution in [0.4, 0.5) is 0 Å². The van der Waals surface area contributed by atoms with E-state index in [-0.39, 0.29) is 11.6 Å². The molecule has 0 aliphatic heterocycles. The maximum atomic E-state index is 12.2. The molecule has 0 N–H and O–H groups in total. The molecule has 1 aliphatic rings. The largest absolute Gasteiger partial charge is 0.289 e. The van der Waals surface area contributed by atoms with Crippen LogP contribution < -0.4 is 0 Å². The van der Waals surface area contributed by atoms with Crippen LogP contribution >= 0.6 is 11.8 Å². The first kappa shape index (κ1) is 13.1. The minimum absolute atomic E-state index is 0.00135. The number of Topliss-reactive ketones (excluding diaryl/α,β-unsaturated/α-hetero) is 1. The van der Waals surface area contributed by atoms with Crippen molar-refractivity contribution in [3.8, 4) is 0 Å². The molecule has 0 bridgehead atoms. The number of carbonyl (C=O) groups excluding carboxylic acids is 2. The van der Waals surface area contributed by atoms with Crippen molar-refractivity contribution in [2.75, 3.05) is 11.5 Å². The van der Waals surface area contributed by atoms with Crippen molar-refractivity contribution in [2.45, 2.75) is 13.8 Å². The molecular weight excluding hydrogens is 244 g/mol. The lowest BCUT2D eigenvalue weighted by molar-refractivity contribution is 0.0985. The lowest BCUT2D eigenvalue weighted by atomic mass is 9.90. The van der Waals surface area contributed by atoms with E-state index in [0.717, 1.165) is 5.75 Å². The average Bonchev–Trinajstić information content (AvgIpc) is 2.35. The van der Waals surface area contributed by atoms with Crippen LogP contribution in [0.2, 0.25) is 0 Å². The molecule has 94 valence electrons. The molecule has 1 aromatic rings. The van der Waals surface area contributed by atoms with E-state index < -0.39 is 0 Å². The molecule has 0 amide bonds. The number of ketones is 2. The minimum Gasteiger partial charge on any atom is -0.289 e. The van der Waals surface area contributed by atoms with Gasteiger partial charge in [0, 0.05) is 22.5 Å². The number of hydrogen-bond donors (Lipinski definition) is 0. The normalized spacial score (nSPS) is 14.7. The molecule has 0 saturated carbocycles. The number of hydrogen-bond acceptors (Lipinski definition) is 3. The maximum absolute atomic E-state index is 12.2. The van der Waals surface area contributed by atoms with Crippen LogP contribution in [0.5, 0.6) is 0 Å². The van der Waals surface area contributed by atoms with Gasteiger partial charge in [-0.15, -0.1) is 0 Å². The summed E-state index contributed by atoms with van der Waals surface area (Å²) in [6.45, 7) is 4.29. The summed E-state index contributed by atoms with van der Waals surface area (Å²) >= 11 is 1.71. The van der Waals surface area contributed by atoms with Crippen LogP contribution in [0, 0.1) is 5.92 Å². The summed E-state index contributed by atoms with van der Waals surface area (Å²) in [7, 11) is 0. The highest BCUT2D eigenvalue weighted by atomic mass is 32.2. The van der Waals surface area contributed by atoms with Gasteiger partial charge in [-0.3, -0.25) is 9.59 Å². The van der Waals surface area contributed by atoms with Gasteiger partial charge in [-0.1, -0.05) is 38.1 Å². The van der Waals surface area contributed by atoms with Crippen LogP contribution in [0.3, 0.4) is 0 Å². The zero-order valence-electron chi connectivity index (χ0n) is 10.6. The minimum atomic E-state index is -0.0506. The third-order valence-corrected chi connectivity index (χ3v) is 4.16. The predicted molar refractivity (Wildman–Crippen MR) is 75.3 cm³/mol. The van der Waals surface area contributed by atoms with Crippen LogP contribution in [-0.2, 0) is 0 Å². The zero-order valence-corrected chi connectivity index (χ0v) is 11.4. The Bertz CT molecular complexity index is 515. The van der Waals surface area contributed by atoms with Crippen molar-refractivity contribution >= 4 is 23.3 Å². The van der Waals surface area contributed by atoms with Crippen LogP contribution in [-0.4, -0.2) is 23.1 Å². The Kier molecular flexibility index (Phi) is 4.02. The van der Waals surface area contributed by atoms with E-state index in [1.165, 1.54) is 6.08 Å². The fourth-order valence-electron chi connectivity index (χ4n) is 1.88. The SMILES string of the molecule is CC(C)CSCC1=CC(=O)c2ccccc2C1=O. The van der Waals surface area contributed by atoms with E-state index in [4.69, 9.17) is 0 Å². The highest BCUT2D eigenvalue weighted by Crippen LogP contribution is 2.24. The molecule has 0 fully saturated rings. The van der Waals surface area contributed by atoms with Gasteiger partial charge >= 0.3 is 0 Å². The fraction of sp³-hybridized carbons (Fsp3) is 0.333. The molecule has 0 spiro atoms. The standard InChI is InChI=1S/C15H16O2S/c1-10(2)8-18-9-11-7-14(16)12-5-3-4-6-13(12)15(11)17/h3-7,10H,8-9H2,1-2H3. The molecule has 3 heteroatoms. The highest BCUT2D eigenvalue weighted by Gasteiger charge is 2.24. The van der Waals surface area contributed by atoms with Gasteiger partial charge in [0.25, 0.3) is 0 Å². The van der Waals surface area contributed by atoms with Crippen molar-refractivity contribution in [2.24, 2.45) is 5.92 Å². The first-order valence-corrected chi connectivity index (χ1v) is 7.21. The Morgan fingerprint density at radius 3 is 2.44 bits per heavy atom. The van der Waals surface area contributed by atoms with E-state index in [0.29, 0.717) is 28.4 Å². The first-order valence-electron chi connectivity index (χ1n) is 6.06. The van der Waals surface area contributed by atoms with E-state index in [9.17, 15) is 9.59 Å². The van der Waals surface area contributed by atoms with Crippen molar-refractivity contribution in [1.82, 2.24) is 0 Å². The van der Waals surface area contributed by atoms with E-state index in [1.54, 1.807) is 36.0 Å². The zero-order chi connectivity index (χ0) is 13.1. The number of allylic oxidation sites excluding steroid dienone is 1. The van der Waals surface area contributed by atoms with Crippen LogP contribution in [0.15, 0.2) is 35.9 Å². The van der Waals surface area contributed by atoms with Crippen molar-refractivity contribution < 1.29 is 9.59 Å². The van der Waals surface area contributed by atoms with Crippen molar-refractivity contribution in [1.29, 1.82) is 0 Å². The summed E-state index contributed by atoms with van der Waals surface area (Å²) in [5.41, 5.74) is 1.70. The molecule has 0 radical (unpaired) electrons. The fourth-order valence-corrected chi connectivity index (χ4v) is 2.91. The van der Waals surface area contributed by atoms with Gasteiger partial charge in [-0.25, -0.2) is 0 Å². The van der Waals surface area contributed by atoms with E-state index in [2.05, 4.69) is 13.8 Å². The number of rotatable bonds is 4. The Morgan fingerprint density at radius 2 is 1.78 bits per heavy atom. The first-order chi connectivity index (χ1) is 8.59. The van der Waals surface area contributed by atoms with Gasteiger partial charge in [0.15, 0.2) is 11.6 Å². The molecule has 0 unspecified atom stereocenters. The van der Waals surface area contributed by atoms with Crippen LogP contribution in [0.1, 0.15) is 34.6 Å². The summed E-state index contributed by atoms with van der Waals surface area (Å²) in [5.74, 6) is 2.17. The summed E-state index contributed by atoms with van der Waals surface area (Å²) in [4.78, 5) is 24.1. The van der Waals surface area contributed by atoms with Crippen LogP contribution in [0.25, 0.3) is 0 Å². The van der Waals surface area contributed by atoms with Crippen molar-refractivity contribution in [3.63, 3.8) is 0 Å². The number of benzene rings is 1. The molecule has 0 aromatic heterocycles. The summed E-state index contributed by atoms with van der Waals surface area (Å²) in [6.07, 6.45) is 1.50. The van der Waals surface area contributed by atoms with Gasteiger partial charge in [0.1, 0.15) is 0 Å². The van der Waals surface area contributed by atoms with E-state index >= 15 is 0 Å². The quantitative estimate of drug-likeness (QED) is 0.832. The molecule has 2 nitrogen and oxygen atoms in total. The van der Waals surface area contributed by atoms with Gasteiger partial charge in [0.2, 0.25) is 0 Å². The number of fused-ring (bicyclic) bond motifs is 1. The summed E-state index contributed by atoms with van der Waals surface area (Å²) in [5, 5.41) is 0. The summed E-state index contributed by atoms with van der Waals surface area (Å²) < 4.78 is 0. The second kappa shape index (κ2) is 5.53. The lowest BCUT2D eigenvalue weighted by Gasteiger charge is -2.14. The van der Waals surface area contributed by atoms with E-state index in [1.807, 2.05) is 0 Å². The Balaban J connectivity index is 2.16. The molecule has 1 aromatic carbocycles. The maximum Gasteiger partial charge on any atom is 0.190 e. The molecule has 0 heterocycles. The topological polar surface area (TPSA) is 34.1 Å². The molecule has 1 aliphatic carbocycles. The highest BCUT2D eigenvalue weighted by molar-refractivity contribution is 7.99. The smallest absolute Gasteiger partial charge is 0.190 e. The third-order valence-electron chi connectivity index (χ3n) is 2.74. The Morgan fingerprint density at radius 1 is 1.11 bits per heavy atom. The Labute approximate surface area is 111 Å². The van der Waals surface area contributed by atoms with Gasteiger partial charge < -0.3 is 0 Å². The summed E-state index contributed by atoms with van der Waals surface area (Å²) in [6, 6.07) is 7.03. The third kappa shape index (κ3) is 2.72. The van der Waals surface area contributed by atoms with Gasteiger partial charge in [-0.05, 0) is 17.7 Å². The number of carbonyl (C=O) groups is 2. The van der Waals surface area contributed by atoms with Crippen molar-refractivity contribution in [3.05, 3.63) is 47.0 Å². The lowest BCUT2D eigenvalue weighted by Crippen LogP contribution is -2.18. The average molecular weight is 260 g/mol. The second-order valence-electron chi connectivity index (χ2n) is 4.82. The molecule has 2 rings (SSSR count). The monoisotopic (exact) mass is 260 g/mol. The Hall–Kier alpha value is -1.35. The molecule has 0 atom stereocenters. The predicted octanol–water partition coefficient (Wildman–Crippen LogP) is 3.38. The molecule has 0 saturated heterocycles. The van der Waals surface area contributed by atoms with Gasteiger partial charge in [0.05, 0.1) is 0 Å². The van der Waals surface area contributed by atoms with Gasteiger partial charge in [-0.2, -0.15) is 11.8 Å². The molecular formula is C15H16O2S. The molecule has 18 heavy (non-hydrogen) atoms. The number of thioether (sulfide) groups is 1. The second-order valence-corrected chi connectivity index (χ2v) is 5.85.